The number of benzene rings is 1. The van der Waals surface area contributed by atoms with Gasteiger partial charge in [0, 0.05) is 38.5 Å². The Morgan fingerprint density at radius 1 is 1.09 bits per heavy atom. The molecule has 0 aliphatic carbocycles. The van der Waals surface area contributed by atoms with E-state index in [1.807, 2.05) is 57.7 Å². The van der Waals surface area contributed by atoms with Crippen LogP contribution in [0.5, 0.6) is 0 Å². The third kappa shape index (κ3) is 6.24. The molecule has 7 nitrogen and oxygen atoms in total. The maximum atomic E-state index is 13.5. The molecule has 0 bridgehead atoms. The van der Waals surface area contributed by atoms with Gasteiger partial charge in [-0.3, -0.25) is 9.59 Å². The monoisotopic (exact) mass is 443 g/mol. The summed E-state index contributed by atoms with van der Waals surface area (Å²) in [5.41, 5.74) is 1.72. The van der Waals surface area contributed by atoms with Gasteiger partial charge in [0.1, 0.15) is 11.6 Å². The third-order valence-corrected chi connectivity index (χ3v) is 5.96. The van der Waals surface area contributed by atoms with Gasteiger partial charge in [-0.15, -0.1) is 0 Å². The number of amides is 3. The fraction of sp³-hybridized carbons (Fsp3) is 0.640. The molecule has 1 unspecified atom stereocenters. The summed E-state index contributed by atoms with van der Waals surface area (Å²) in [5.74, 6) is 0.284. The quantitative estimate of drug-likeness (QED) is 0.773. The highest BCUT2D eigenvalue weighted by Gasteiger charge is 2.38. The number of rotatable bonds is 4. The Kier molecular flexibility index (Phi) is 7.47. The molecular weight excluding hydrogens is 406 g/mol. The molecule has 0 spiro atoms. The highest BCUT2D eigenvalue weighted by molar-refractivity contribution is 5.88. The molecule has 3 rings (SSSR count). The van der Waals surface area contributed by atoms with Gasteiger partial charge < -0.3 is 19.9 Å². The van der Waals surface area contributed by atoms with Crippen LogP contribution in [0.1, 0.15) is 65.0 Å². The van der Waals surface area contributed by atoms with E-state index in [9.17, 15) is 14.4 Å². The minimum absolute atomic E-state index is 0.00678. The number of fused-ring (bicyclic) bond motifs is 1. The molecule has 32 heavy (non-hydrogen) atoms. The summed E-state index contributed by atoms with van der Waals surface area (Å²) in [6, 6.07) is 7.58. The first-order valence-corrected chi connectivity index (χ1v) is 11.7. The summed E-state index contributed by atoms with van der Waals surface area (Å²) in [6.07, 6.45) is 1.92. The number of hydrogen-bond donors (Lipinski definition) is 1. The first-order chi connectivity index (χ1) is 15.0. The Morgan fingerprint density at radius 2 is 1.72 bits per heavy atom. The number of ether oxygens (including phenoxy) is 1. The second-order valence-corrected chi connectivity index (χ2v) is 10.4. The van der Waals surface area contributed by atoms with E-state index in [1.165, 1.54) is 0 Å². The summed E-state index contributed by atoms with van der Waals surface area (Å²) in [4.78, 5) is 42.2. The van der Waals surface area contributed by atoms with E-state index in [-0.39, 0.29) is 23.8 Å². The smallest absolute Gasteiger partial charge is 0.407 e. The van der Waals surface area contributed by atoms with Gasteiger partial charge in [0.15, 0.2) is 0 Å². The van der Waals surface area contributed by atoms with Crippen LogP contribution in [0.4, 0.5) is 4.79 Å². The molecule has 2 heterocycles. The second-order valence-electron chi connectivity index (χ2n) is 10.4. The molecule has 1 fully saturated rings. The van der Waals surface area contributed by atoms with Crippen molar-refractivity contribution in [2.24, 2.45) is 5.92 Å². The number of piperidine rings is 1. The molecule has 1 aromatic carbocycles. The van der Waals surface area contributed by atoms with Crippen LogP contribution < -0.4 is 5.32 Å². The summed E-state index contributed by atoms with van der Waals surface area (Å²) in [7, 11) is 0. The van der Waals surface area contributed by atoms with Crippen molar-refractivity contribution in [1.29, 1.82) is 0 Å². The average molecular weight is 444 g/mol. The van der Waals surface area contributed by atoms with Gasteiger partial charge in [-0.1, -0.05) is 38.1 Å². The molecule has 176 valence electrons. The lowest BCUT2D eigenvalue weighted by molar-refractivity contribution is -0.148. The van der Waals surface area contributed by atoms with E-state index in [2.05, 4.69) is 11.4 Å². The maximum Gasteiger partial charge on any atom is 0.407 e. The highest BCUT2D eigenvalue weighted by atomic mass is 16.6. The van der Waals surface area contributed by atoms with Crippen LogP contribution in [0.2, 0.25) is 0 Å². The van der Waals surface area contributed by atoms with Crippen LogP contribution in [0.3, 0.4) is 0 Å². The number of likely N-dealkylation sites (tertiary alicyclic amines) is 1. The van der Waals surface area contributed by atoms with Crippen molar-refractivity contribution in [3.8, 4) is 0 Å². The van der Waals surface area contributed by atoms with Crippen molar-refractivity contribution >= 4 is 17.9 Å². The van der Waals surface area contributed by atoms with E-state index in [0.717, 1.165) is 11.1 Å². The molecule has 1 N–H and O–H groups in total. The first-order valence-electron chi connectivity index (χ1n) is 11.7. The van der Waals surface area contributed by atoms with Gasteiger partial charge in [-0.05, 0) is 50.7 Å². The normalized spacial score (nSPS) is 19.5. The Morgan fingerprint density at radius 3 is 2.31 bits per heavy atom. The molecular formula is C25H37N3O4. The minimum Gasteiger partial charge on any atom is -0.444 e. The van der Waals surface area contributed by atoms with E-state index in [0.29, 0.717) is 45.3 Å². The molecule has 3 amide bonds. The van der Waals surface area contributed by atoms with Gasteiger partial charge >= 0.3 is 6.09 Å². The van der Waals surface area contributed by atoms with E-state index < -0.39 is 17.7 Å². The van der Waals surface area contributed by atoms with Crippen molar-refractivity contribution in [2.75, 3.05) is 13.1 Å². The predicted octanol–water partition coefficient (Wildman–Crippen LogP) is 3.50. The summed E-state index contributed by atoms with van der Waals surface area (Å²) in [5, 5.41) is 2.91. The van der Waals surface area contributed by atoms with Crippen LogP contribution in [0.25, 0.3) is 0 Å². The Labute approximate surface area is 191 Å². The molecule has 1 aromatic rings. The number of nitrogens with zero attached hydrogens (tertiary/aromatic N) is 2. The Bertz CT molecular complexity index is 838. The van der Waals surface area contributed by atoms with Gasteiger partial charge in [0.25, 0.3) is 0 Å². The standard InChI is InChI=1S/C25H37N3O4/c1-17(2)14-22(29)28-16-19-9-7-6-8-18(19)15-21(28)23(30)27-12-10-20(11-13-27)26-24(31)32-25(3,4)5/h6-9,17,20-21H,10-16H2,1-5H3,(H,26,31). The lowest BCUT2D eigenvalue weighted by atomic mass is 9.91. The van der Waals surface area contributed by atoms with Crippen LogP contribution in [0.15, 0.2) is 24.3 Å². The van der Waals surface area contributed by atoms with Crippen LogP contribution in [-0.4, -0.2) is 58.5 Å². The van der Waals surface area contributed by atoms with Crippen molar-refractivity contribution in [2.45, 2.75) is 84.5 Å². The largest absolute Gasteiger partial charge is 0.444 e. The number of hydrogen-bond acceptors (Lipinski definition) is 4. The average Bonchev–Trinajstić information content (AvgIpc) is 2.71. The zero-order chi connectivity index (χ0) is 23.5. The molecule has 7 heteroatoms. The molecule has 0 saturated carbocycles. The van der Waals surface area contributed by atoms with Gasteiger partial charge in [-0.2, -0.15) is 0 Å². The van der Waals surface area contributed by atoms with Crippen molar-refractivity contribution in [3.05, 3.63) is 35.4 Å². The molecule has 0 aromatic heterocycles. The first kappa shape index (κ1) is 24.1. The van der Waals surface area contributed by atoms with E-state index in [4.69, 9.17) is 4.74 Å². The zero-order valence-corrected chi connectivity index (χ0v) is 20.0. The van der Waals surface area contributed by atoms with Crippen molar-refractivity contribution < 1.29 is 19.1 Å². The summed E-state index contributed by atoms with van der Waals surface area (Å²) in [6.45, 7) is 11.2. The zero-order valence-electron chi connectivity index (χ0n) is 20.0. The van der Waals surface area contributed by atoms with E-state index >= 15 is 0 Å². The van der Waals surface area contributed by atoms with Gasteiger partial charge in [-0.25, -0.2) is 4.79 Å². The number of carbonyl (C=O) groups is 3. The lowest BCUT2D eigenvalue weighted by Crippen LogP contribution is -2.56. The Hall–Kier alpha value is -2.57. The molecule has 0 radical (unpaired) electrons. The van der Waals surface area contributed by atoms with Gasteiger partial charge in [0.2, 0.25) is 11.8 Å². The molecule has 2 aliphatic rings. The Balaban J connectivity index is 1.65. The van der Waals surface area contributed by atoms with Crippen molar-refractivity contribution in [3.63, 3.8) is 0 Å². The van der Waals surface area contributed by atoms with Crippen LogP contribution >= 0.6 is 0 Å². The topological polar surface area (TPSA) is 79.0 Å². The van der Waals surface area contributed by atoms with Crippen LogP contribution in [-0.2, 0) is 27.3 Å². The maximum absolute atomic E-state index is 13.5. The number of alkyl carbamates (subject to hydrolysis) is 1. The summed E-state index contributed by atoms with van der Waals surface area (Å²) < 4.78 is 5.34. The van der Waals surface area contributed by atoms with Crippen molar-refractivity contribution in [1.82, 2.24) is 15.1 Å². The van der Waals surface area contributed by atoms with Gasteiger partial charge in [0.05, 0.1) is 0 Å². The SMILES string of the molecule is CC(C)CC(=O)N1Cc2ccccc2CC1C(=O)N1CCC(NC(=O)OC(C)(C)C)CC1. The minimum atomic E-state index is -0.538. The molecule has 2 aliphatic heterocycles. The van der Waals surface area contributed by atoms with E-state index in [1.54, 1.807) is 4.90 Å². The number of nitrogens with one attached hydrogen (secondary N) is 1. The molecule has 1 saturated heterocycles. The lowest BCUT2D eigenvalue weighted by Gasteiger charge is -2.41. The predicted molar refractivity (Wildman–Crippen MR) is 123 cm³/mol. The number of carbonyl (C=O) groups excluding carboxylic acids is 3. The molecule has 1 atom stereocenters. The third-order valence-electron chi connectivity index (χ3n) is 5.96. The summed E-state index contributed by atoms with van der Waals surface area (Å²) >= 11 is 0. The van der Waals surface area contributed by atoms with Crippen LogP contribution in [0, 0.1) is 5.92 Å². The fourth-order valence-electron chi connectivity index (χ4n) is 4.40. The highest BCUT2D eigenvalue weighted by Crippen LogP contribution is 2.27. The fourth-order valence-corrected chi connectivity index (χ4v) is 4.40. The second kappa shape index (κ2) is 9.92.